The molecule has 0 atom stereocenters. The predicted octanol–water partition coefficient (Wildman–Crippen LogP) is 3.72. The van der Waals surface area contributed by atoms with Gasteiger partial charge in [-0.05, 0) is 34.1 Å². The Bertz CT molecular complexity index is 513. The van der Waals surface area contributed by atoms with Gasteiger partial charge in [0.05, 0.1) is 10.4 Å². The number of aliphatic hydroxyl groups is 1. The summed E-state index contributed by atoms with van der Waals surface area (Å²) < 4.78 is 19.9. The zero-order valence-corrected chi connectivity index (χ0v) is 11.2. The Morgan fingerprint density at radius 2 is 2.12 bits per heavy atom. The van der Waals surface area contributed by atoms with Gasteiger partial charge in [-0.2, -0.15) is 0 Å². The molecule has 0 amide bonds. The van der Waals surface area contributed by atoms with Gasteiger partial charge in [-0.1, -0.05) is 12.1 Å². The van der Waals surface area contributed by atoms with Gasteiger partial charge in [-0.15, -0.1) is 11.3 Å². The van der Waals surface area contributed by atoms with Crippen molar-refractivity contribution >= 4 is 27.3 Å². The monoisotopic (exact) mass is 316 g/mol. The van der Waals surface area contributed by atoms with Gasteiger partial charge in [0.15, 0.2) is 11.6 Å². The van der Waals surface area contributed by atoms with Gasteiger partial charge in [0.2, 0.25) is 0 Å². The molecule has 2 rings (SSSR count). The number of hydrogen-bond acceptors (Lipinski definition) is 3. The lowest BCUT2D eigenvalue weighted by atomic mass is 10.2. The van der Waals surface area contributed by atoms with Crippen LogP contribution >= 0.6 is 27.3 Å². The summed E-state index contributed by atoms with van der Waals surface area (Å²) in [5.74, 6) is -0.327. The molecule has 0 bridgehead atoms. The summed E-state index contributed by atoms with van der Waals surface area (Å²) in [4.78, 5) is 0.990. The fourth-order valence-electron chi connectivity index (χ4n) is 1.41. The molecule has 1 aromatic heterocycles. The molecule has 17 heavy (non-hydrogen) atoms. The van der Waals surface area contributed by atoms with Crippen LogP contribution in [-0.4, -0.2) is 5.11 Å². The van der Waals surface area contributed by atoms with E-state index in [0.717, 1.165) is 8.66 Å². The van der Waals surface area contributed by atoms with Gasteiger partial charge in [0.1, 0.15) is 6.61 Å². The molecule has 5 heteroatoms. The molecule has 2 nitrogen and oxygen atoms in total. The summed E-state index contributed by atoms with van der Waals surface area (Å²) in [6.07, 6.45) is 0. The average Bonchev–Trinajstić information content (AvgIpc) is 2.73. The summed E-state index contributed by atoms with van der Waals surface area (Å²) >= 11 is 4.88. The molecular weight excluding hydrogens is 307 g/mol. The van der Waals surface area contributed by atoms with Crippen LogP contribution in [0.15, 0.2) is 34.1 Å². The summed E-state index contributed by atoms with van der Waals surface area (Å²) in [7, 11) is 0. The second kappa shape index (κ2) is 5.62. The Balaban J connectivity index is 2.13. The number of rotatable bonds is 4. The number of aliphatic hydroxyl groups excluding tert-OH is 1. The Kier molecular flexibility index (Phi) is 4.15. The molecule has 0 spiro atoms. The highest BCUT2D eigenvalue weighted by molar-refractivity contribution is 9.11. The van der Waals surface area contributed by atoms with E-state index >= 15 is 0 Å². The first-order chi connectivity index (χ1) is 8.20. The van der Waals surface area contributed by atoms with Gasteiger partial charge in [0.25, 0.3) is 0 Å². The molecule has 0 radical (unpaired) electrons. The Morgan fingerprint density at radius 3 is 2.76 bits per heavy atom. The van der Waals surface area contributed by atoms with E-state index in [1.807, 2.05) is 12.1 Å². The summed E-state index contributed by atoms with van der Waals surface area (Å²) in [5.41, 5.74) is 0.459. The smallest absolute Gasteiger partial charge is 0.165 e. The van der Waals surface area contributed by atoms with Crippen LogP contribution in [0.4, 0.5) is 4.39 Å². The topological polar surface area (TPSA) is 29.5 Å². The van der Waals surface area contributed by atoms with Crippen molar-refractivity contribution < 1.29 is 14.2 Å². The quantitative estimate of drug-likeness (QED) is 0.931. The Labute approximate surface area is 111 Å². The zero-order chi connectivity index (χ0) is 12.3. The summed E-state index contributed by atoms with van der Waals surface area (Å²) in [5, 5.41) is 9.09. The summed E-state index contributed by atoms with van der Waals surface area (Å²) in [6, 6.07) is 8.34. The van der Waals surface area contributed by atoms with E-state index in [1.54, 1.807) is 12.1 Å². The van der Waals surface area contributed by atoms with Crippen LogP contribution in [0.5, 0.6) is 5.75 Å². The molecule has 1 heterocycles. The lowest BCUT2D eigenvalue weighted by Crippen LogP contribution is -1.99. The van der Waals surface area contributed by atoms with Crippen molar-refractivity contribution in [1.82, 2.24) is 0 Å². The van der Waals surface area contributed by atoms with Crippen LogP contribution in [-0.2, 0) is 13.2 Å². The van der Waals surface area contributed by atoms with Gasteiger partial charge < -0.3 is 9.84 Å². The third-order valence-electron chi connectivity index (χ3n) is 2.21. The van der Waals surface area contributed by atoms with Gasteiger partial charge in [-0.3, -0.25) is 0 Å². The van der Waals surface area contributed by atoms with Gasteiger partial charge in [0, 0.05) is 10.4 Å². The number of halogens is 2. The predicted molar refractivity (Wildman–Crippen MR) is 68.7 cm³/mol. The minimum Gasteiger partial charge on any atom is -0.485 e. The van der Waals surface area contributed by atoms with Gasteiger partial charge >= 0.3 is 0 Å². The first-order valence-corrected chi connectivity index (χ1v) is 6.57. The number of hydrogen-bond donors (Lipinski definition) is 1. The van der Waals surface area contributed by atoms with Crippen LogP contribution in [0.3, 0.4) is 0 Å². The maximum atomic E-state index is 13.5. The number of para-hydroxylation sites is 1. The third kappa shape index (κ3) is 3.06. The zero-order valence-electron chi connectivity index (χ0n) is 8.82. The maximum Gasteiger partial charge on any atom is 0.165 e. The lowest BCUT2D eigenvalue weighted by molar-refractivity contribution is 0.252. The minimum atomic E-state index is -0.452. The van der Waals surface area contributed by atoms with E-state index in [0.29, 0.717) is 12.2 Å². The molecule has 0 fully saturated rings. The fraction of sp³-hybridized carbons (Fsp3) is 0.167. The normalized spacial score (nSPS) is 10.5. The second-order valence-corrected chi connectivity index (χ2v) is 5.93. The molecular formula is C12H10BrFO2S. The minimum absolute atomic E-state index is 0.125. The molecule has 2 aromatic rings. The molecule has 90 valence electrons. The Hall–Kier alpha value is -0.910. The van der Waals surface area contributed by atoms with E-state index in [1.165, 1.54) is 17.4 Å². The first kappa shape index (κ1) is 12.5. The van der Waals surface area contributed by atoms with Crippen molar-refractivity contribution in [3.63, 3.8) is 0 Å². The van der Waals surface area contributed by atoms with Gasteiger partial charge in [-0.25, -0.2) is 4.39 Å². The summed E-state index contributed by atoms with van der Waals surface area (Å²) in [6.45, 7) is 0.0609. The third-order valence-corrected chi connectivity index (χ3v) is 3.80. The number of thiophene rings is 1. The first-order valence-electron chi connectivity index (χ1n) is 4.96. The largest absolute Gasteiger partial charge is 0.485 e. The van der Waals surface area contributed by atoms with Crippen LogP contribution in [0.1, 0.15) is 10.4 Å². The molecule has 1 N–H and O–H groups in total. The SMILES string of the molecule is OCc1cccc(F)c1OCc1ccc(Br)s1. The molecule has 0 aliphatic rings. The standard InChI is InChI=1S/C12H10BrFO2S/c13-11-5-4-9(17-11)7-16-12-8(6-15)2-1-3-10(12)14/h1-5,15H,6-7H2. The van der Waals surface area contributed by atoms with E-state index in [-0.39, 0.29) is 12.4 Å². The molecule has 0 aliphatic carbocycles. The van der Waals surface area contributed by atoms with E-state index < -0.39 is 5.82 Å². The van der Waals surface area contributed by atoms with E-state index in [4.69, 9.17) is 9.84 Å². The Morgan fingerprint density at radius 1 is 1.29 bits per heavy atom. The van der Waals surface area contributed by atoms with Crippen molar-refractivity contribution in [2.75, 3.05) is 0 Å². The van der Waals surface area contributed by atoms with Crippen LogP contribution in [0.2, 0.25) is 0 Å². The lowest BCUT2D eigenvalue weighted by Gasteiger charge is -2.09. The van der Waals surface area contributed by atoms with E-state index in [2.05, 4.69) is 15.9 Å². The number of benzene rings is 1. The van der Waals surface area contributed by atoms with Crippen molar-refractivity contribution in [1.29, 1.82) is 0 Å². The van der Waals surface area contributed by atoms with Crippen molar-refractivity contribution in [3.8, 4) is 5.75 Å². The molecule has 1 aromatic carbocycles. The molecule has 0 saturated carbocycles. The van der Waals surface area contributed by atoms with Crippen LogP contribution in [0.25, 0.3) is 0 Å². The highest BCUT2D eigenvalue weighted by Gasteiger charge is 2.09. The highest BCUT2D eigenvalue weighted by atomic mass is 79.9. The van der Waals surface area contributed by atoms with Crippen molar-refractivity contribution in [2.45, 2.75) is 13.2 Å². The average molecular weight is 317 g/mol. The van der Waals surface area contributed by atoms with Crippen LogP contribution < -0.4 is 4.74 Å². The number of ether oxygens (including phenoxy) is 1. The fourth-order valence-corrected chi connectivity index (χ4v) is 2.81. The maximum absolute atomic E-state index is 13.5. The highest BCUT2D eigenvalue weighted by Crippen LogP contribution is 2.26. The van der Waals surface area contributed by atoms with Crippen molar-refractivity contribution in [3.05, 3.63) is 50.4 Å². The van der Waals surface area contributed by atoms with E-state index in [9.17, 15) is 4.39 Å². The molecule has 0 saturated heterocycles. The second-order valence-electron chi connectivity index (χ2n) is 3.38. The molecule has 0 unspecified atom stereocenters. The van der Waals surface area contributed by atoms with Crippen LogP contribution in [0, 0.1) is 5.82 Å². The molecule has 0 aliphatic heterocycles. The van der Waals surface area contributed by atoms with Crippen molar-refractivity contribution in [2.24, 2.45) is 0 Å².